The second-order valence-corrected chi connectivity index (χ2v) is 6.01. The largest absolute Gasteiger partial charge is 0.344 e. The molecule has 1 N–H and O–H groups in total. The fraction of sp³-hybridized carbons (Fsp3) is 0.857. The molecule has 2 amide bonds. The highest BCUT2D eigenvalue weighted by Crippen LogP contribution is 2.12. The smallest absolute Gasteiger partial charge is 0.245 e. The lowest BCUT2D eigenvalue weighted by Crippen LogP contribution is -2.53. The van der Waals surface area contributed by atoms with E-state index in [4.69, 9.17) is 0 Å². The molecule has 0 aromatic rings. The van der Waals surface area contributed by atoms with Gasteiger partial charge in [0.1, 0.15) is 6.04 Å². The summed E-state index contributed by atoms with van der Waals surface area (Å²) in [6, 6.07) is -0.269. The minimum absolute atomic E-state index is 0.00826. The Kier molecular flexibility index (Phi) is 4.80. The summed E-state index contributed by atoms with van der Waals surface area (Å²) in [5.41, 5.74) is 0. The fourth-order valence-corrected chi connectivity index (χ4v) is 2.65. The molecule has 0 aromatic heterocycles. The molecule has 2 saturated heterocycles. The third-order valence-electron chi connectivity index (χ3n) is 4.00. The maximum atomic E-state index is 12.2. The van der Waals surface area contributed by atoms with Gasteiger partial charge in [0, 0.05) is 32.6 Å². The second-order valence-electron chi connectivity index (χ2n) is 6.01. The van der Waals surface area contributed by atoms with Crippen molar-refractivity contribution in [2.75, 3.05) is 32.7 Å². The average molecular weight is 267 g/mol. The lowest BCUT2D eigenvalue weighted by atomic mass is 10.1. The number of piperazine rings is 1. The van der Waals surface area contributed by atoms with Crippen LogP contribution in [0.3, 0.4) is 0 Å². The highest BCUT2D eigenvalue weighted by molar-refractivity contribution is 5.90. The number of carbonyl (C=O) groups excluding carboxylic acids is 2. The number of carbonyl (C=O) groups is 2. The average Bonchev–Trinajstić information content (AvgIpc) is 2.83. The zero-order chi connectivity index (χ0) is 13.8. The number of hydrogen-bond donors (Lipinski definition) is 1. The Bertz CT molecular complexity index is 336. The van der Waals surface area contributed by atoms with E-state index in [0.717, 1.165) is 38.6 Å². The molecule has 0 spiro atoms. The lowest BCUT2D eigenvalue weighted by Gasteiger charge is -2.36. The van der Waals surface area contributed by atoms with Gasteiger partial charge >= 0.3 is 0 Å². The summed E-state index contributed by atoms with van der Waals surface area (Å²) in [5, 5.41) is 2.76. The third-order valence-corrected chi connectivity index (χ3v) is 4.00. The van der Waals surface area contributed by atoms with Crippen LogP contribution in [-0.2, 0) is 9.59 Å². The minimum atomic E-state index is -0.269. The minimum Gasteiger partial charge on any atom is -0.344 e. The van der Waals surface area contributed by atoms with Gasteiger partial charge in [0.15, 0.2) is 0 Å². The first-order valence-electron chi connectivity index (χ1n) is 7.37. The molecule has 108 valence electrons. The Labute approximate surface area is 115 Å². The molecular formula is C14H25N3O2. The summed E-state index contributed by atoms with van der Waals surface area (Å²) in [7, 11) is 0. The zero-order valence-corrected chi connectivity index (χ0v) is 12.0. The van der Waals surface area contributed by atoms with Gasteiger partial charge in [0.2, 0.25) is 11.8 Å². The molecule has 2 heterocycles. The third kappa shape index (κ3) is 3.93. The molecule has 2 rings (SSSR count). The predicted octanol–water partition coefficient (Wildman–Crippen LogP) is 0.455. The van der Waals surface area contributed by atoms with Gasteiger partial charge in [-0.15, -0.1) is 0 Å². The number of hydrogen-bond acceptors (Lipinski definition) is 3. The van der Waals surface area contributed by atoms with Crippen LogP contribution in [-0.4, -0.2) is 60.4 Å². The van der Waals surface area contributed by atoms with E-state index in [1.165, 1.54) is 6.42 Å². The monoisotopic (exact) mass is 267 g/mol. The molecule has 0 aliphatic carbocycles. The maximum absolute atomic E-state index is 12.2. The van der Waals surface area contributed by atoms with Gasteiger partial charge in [-0.25, -0.2) is 0 Å². The quantitative estimate of drug-likeness (QED) is 0.805. The lowest BCUT2D eigenvalue weighted by molar-refractivity contribution is -0.136. The van der Waals surface area contributed by atoms with Crippen molar-refractivity contribution in [2.24, 2.45) is 5.92 Å². The second kappa shape index (κ2) is 6.37. The predicted molar refractivity (Wildman–Crippen MR) is 73.6 cm³/mol. The Morgan fingerprint density at radius 2 is 2.00 bits per heavy atom. The number of amides is 2. The molecule has 2 aliphatic rings. The van der Waals surface area contributed by atoms with Crippen LogP contribution in [0, 0.1) is 5.92 Å². The standard InChI is InChI=1S/C14H25N3O2/c1-11(2)5-6-16-7-9-17(10-8-16)14(19)12-3-4-13(18)15-12/h11-12H,3-10H2,1-2H3,(H,15,18)/t12-/m1/s1. The van der Waals surface area contributed by atoms with Crippen LogP contribution in [0.4, 0.5) is 0 Å². The Morgan fingerprint density at radius 3 is 2.53 bits per heavy atom. The van der Waals surface area contributed by atoms with Crippen LogP contribution in [0.1, 0.15) is 33.1 Å². The number of nitrogens with one attached hydrogen (secondary N) is 1. The van der Waals surface area contributed by atoms with Crippen molar-refractivity contribution in [2.45, 2.75) is 39.2 Å². The molecule has 1 atom stereocenters. The summed E-state index contributed by atoms with van der Waals surface area (Å²) in [6.07, 6.45) is 2.36. The van der Waals surface area contributed by atoms with Crippen molar-refractivity contribution in [1.82, 2.24) is 15.1 Å². The Morgan fingerprint density at radius 1 is 1.32 bits per heavy atom. The van der Waals surface area contributed by atoms with Gasteiger partial charge in [-0.1, -0.05) is 13.8 Å². The molecule has 0 radical (unpaired) electrons. The van der Waals surface area contributed by atoms with Gasteiger partial charge < -0.3 is 10.2 Å². The van der Waals surface area contributed by atoms with Gasteiger partial charge in [-0.05, 0) is 25.3 Å². The molecule has 0 bridgehead atoms. The Balaban J connectivity index is 1.73. The van der Waals surface area contributed by atoms with Crippen molar-refractivity contribution in [3.8, 4) is 0 Å². The van der Waals surface area contributed by atoms with Gasteiger partial charge in [0.25, 0.3) is 0 Å². The van der Waals surface area contributed by atoms with Crippen molar-refractivity contribution in [3.05, 3.63) is 0 Å². The van der Waals surface area contributed by atoms with Crippen LogP contribution >= 0.6 is 0 Å². The number of nitrogens with zero attached hydrogens (tertiary/aromatic N) is 2. The van der Waals surface area contributed by atoms with Crippen molar-refractivity contribution in [1.29, 1.82) is 0 Å². The van der Waals surface area contributed by atoms with Crippen LogP contribution in [0.15, 0.2) is 0 Å². The Hall–Kier alpha value is -1.10. The van der Waals surface area contributed by atoms with Crippen LogP contribution < -0.4 is 5.32 Å². The molecule has 0 saturated carbocycles. The highest BCUT2D eigenvalue weighted by atomic mass is 16.2. The first-order valence-corrected chi connectivity index (χ1v) is 7.37. The normalized spacial score (nSPS) is 24.9. The summed E-state index contributed by atoms with van der Waals surface area (Å²) < 4.78 is 0. The van der Waals surface area contributed by atoms with E-state index in [1.807, 2.05) is 4.90 Å². The molecule has 0 unspecified atom stereocenters. The summed E-state index contributed by atoms with van der Waals surface area (Å²) in [4.78, 5) is 27.7. The molecule has 5 heteroatoms. The van der Waals surface area contributed by atoms with Crippen molar-refractivity contribution < 1.29 is 9.59 Å². The van der Waals surface area contributed by atoms with E-state index in [9.17, 15) is 9.59 Å². The van der Waals surface area contributed by atoms with Gasteiger partial charge in [0.05, 0.1) is 0 Å². The van der Waals surface area contributed by atoms with Crippen LogP contribution in [0.5, 0.6) is 0 Å². The van der Waals surface area contributed by atoms with Gasteiger partial charge in [-0.3, -0.25) is 14.5 Å². The van der Waals surface area contributed by atoms with Crippen LogP contribution in [0.2, 0.25) is 0 Å². The van der Waals surface area contributed by atoms with Crippen molar-refractivity contribution in [3.63, 3.8) is 0 Å². The fourth-order valence-electron chi connectivity index (χ4n) is 2.65. The SMILES string of the molecule is CC(C)CCN1CCN(C(=O)[C@H]2CCC(=O)N2)CC1. The molecule has 2 fully saturated rings. The van der Waals surface area contributed by atoms with Crippen molar-refractivity contribution >= 4 is 11.8 Å². The first-order chi connectivity index (χ1) is 9.06. The molecule has 2 aliphatic heterocycles. The summed E-state index contributed by atoms with van der Waals surface area (Å²) in [6.45, 7) is 9.11. The van der Waals surface area contributed by atoms with Crippen LogP contribution in [0.25, 0.3) is 0 Å². The number of rotatable bonds is 4. The molecule has 0 aromatic carbocycles. The zero-order valence-electron chi connectivity index (χ0n) is 12.0. The molecular weight excluding hydrogens is 242 g/mol. The first kappa shape index (κ1) is 14.3. The molecule has 5 nitrogen and oxygen atoms in total. The van der Waals surface area contributed by atoms with E-state index >= 15 is 0 Å². The highest BCUT2D eigenvalue weighted by Gasteiger charge is 2.32. The summed E-state index contributed by atoms with van der Waals surface area (Å²) >= 11 is 0. The molecule has 19 heavy (non-hydrogen) atoms. The van der Waals surface area contributed by atoms with E-state index in [0.29, 0.717) is 12.8 Å². The van der Waals surface area contributed by atoms with E-state index in [1.54, 1.807) is 0 Å². The maximum Gasteiger partial charge on any atom is 0.245 e. The van der Waals surface area contributed by atoms with Gasteiger partial charge in [-0.2, -0.15) is 0 Å². The summed E-state index contributed by atoms with van der Waals surface area (Å²) in [5.74, 6) is 0.844. The topological polar surface area (TPSA) is 52.7 Å². The van der Waals surface area contributed by atoms with E-state index in [-0.39, 0.29) is 17.9 Å². The van der Waals surface area contributed by atoms with E-state index < -0.39 is 0 Å². The van der Waals surface area contributed by atoms with E-state index in [2.05, 4.69) is 24.1 Å².